The van der Waals surface area contributed by atoms with E-state index in [1.54, 1.807) is 0 Å². The molecule has 2 aromatic rings. The number of alkyl halides is 2. The van der Waals surface area contributed by atoms with Gasteiger partial charge in [0.1, 0.15) is 17.3 Å². The Kier molecular flexibility index (Phi) is 4.67. The molecule has 8 heteroatoms. The maximum absolute atomic E-state index is 13.2. The summed E-state index contributed by atoms with van der Waals surface area (Å²) < 4.78 is 67.4. The van der Waals surface area contributed by atoms with E-state index in [0.29, 0.717) is 0 Å². The minimum Gasteiger partial charge on any atom is -0.457 e. The lowest BCUT2D eigenvalue weighted by atomic mass is 10.2. The highest BCUT2D eigenvalue weighted by Crippen LogP contribution is 2.35. The summed E-state index contributed by atoms with van der Waals surface area (Å²) in [5.74, 6) is -1.03. The normalized spacial score (nSPS) is 11.7. The summed E-state index contributed by atoms with van der Waals surface area (Å²) in [6.45, 7) is 0. The van der Waals surface area contributed by atoms with Gasteiger partial charge in [-0.15, -0.1) is 0 Å². The summed E-state index contributed by atoms with van der Waals surface area (Å²) in [5.41, 5.74) is -0.608. The van der Waals surface area contributed by atoms with Crippen LogP contribution >= 0.6 is 11.6 Å². The molecule has 118 valence electrons. The minimum absolute atomic E-state index is 0.0429. The quantitative estimate of drug-likeness (QED) is 0.808. The predicted octanol–water partition coefficient (Wildman–Crippen LogP) is 4.61. The smallest absolute Gasteiger partial charge is 0.267 e. The SMILES string of the molecule is CS(=O)(=O)c1ccc(Oc2cc(F)cc(Cl)c2)c(C(F)F)c1. The van der Waals surface area contributed by atoms with E-state index < -0.39 is 27.6 Å². The molecule has 0 spiro atoms. The number of rotatable bonds is 4. The Bertz CT molecular complexity index is 787. The predicted molar refractivity (Wildman–Crippen MR) is 76.0 cm³/mol. The lowest BCUT2D eigenvalue weighted by Gasteiger charge is -2.12. The second-order valence-electron chi connectivity index (χ2n) is 4.48. The summed E-state index contributed by atoms with van der Waals surface area (Å²) >= 11 is 5.66. The molecule has 0 amide bonds. The van der Waals surface area contributed by atoms with E-state index in [4.69, 9.17) is 16.3 Å². The number of benzene rings is 2. The molecular formula is C14H10ClF3O3S. The molecule has 0 bridgehead atoms. The molecule has 0 heterocycles. The first-order chi connectivity index (χ1) is 10.2. The van der Waals surface area contributed by atoms with Crippen LogP contribution in [0.15, 0.2) is 41.3 Å². The molecule has 0 saturated carbocycles. The van der Waals surface area contributed by atoms with Crippen LogP contribution < -0.4 is 4.74 Å². The van der Waals surface area contributed by atoms with Gasteiger partial charge in [0.2, 0.25) is 0 Å². The maximum Gasteiger partial charge on any atom is 0.267 e. The molecule has 0 atom stereocenters. The van der Waals surface area contributed by atoms with E-state index >= 15 is 0 Å². The van der Waals surface area contributed by atoms with Gasteiger partial charge in [-0.05, 0) is 30.3 Å². The second-order valence-corrected chi connectivity index (χ2v) is 6.93. The maximum atomic E-state index is 13.2. The molecule has 0 aromatic heterocycles. The lowest BCUT2D eigenvalue weighted by Crippen LogP contribution is -2.00. The topological polar surface area (TPSA) is 43.4 Å². The molecular weight excluding hydrogens is 341 g/mol. The zero-order valence-corrected chi connectivity index (χ0v) is 12.8. The Balaban J connectivity index is 2.46. The van der Waals surface area contributed by atoms with Crippen molar-refractivity contribution in [3.05, 3.63) is 52.8 Å². The van der Waals surface area contributed by atoms with Crippen molar-refractivity contribution in [1.29, 1.82) is 0 Å². The van der Waals surface area contributed by atoms with Crippen molar-refractivity contribution >= 4 is 21.4 Å². The Morgan fingerprint density at radius 3 is 2.36 bits per heavy atom. The van der Waals surface area contributed by atoms with E-state index in [2.05, 4.69) is 0 Å². The van der Waals surface area contributed by atoms with Crippen LogP contribution in [0.25, 0.3) is 0 Å². The molecule has 0 N–H and O–H groups in total. The first-order valence-corrected chi connectivity index (χ1v) is 8.20. The van der Waals surface area contributed by atoms with E-state index in [9.17, 15) is 21.6 Å². The molecule has 3 nitrogen and oxygen atoms in total. The Labute approximate surface area is 130 Å². The molecule has 0 aliphatic carbocycles. The molecule has 0 fully saturated rings. The number of sulfone groups is 1. The molecule has 0 aliphatic rings. The van der Waals surface area contributed by atoms with Gasteiger partial charge in [-0.1, -0.05) is 11.6 Å². The molecule has 0 aliphatic heterocycles. The van der Waals surface area contributed by atoms with Crippen molar-refractivity contribution in [2.75, 3.05) is 6.26 Å². The van der Waals surface area contributed by atoms with Crippen molar-refractivity contribution in [3.63, 3.8) is 0 Å². The van der Waals surface area contributed by atoms with Crippen LogP contribution in [0, 0.1) is 5.82 Å². The van der Waals surface area contributed by atoms with Crippen LogP contribution in [0.3, 0.4) is 0 Å². The molecule has 2 rings (SSSR count). The lowest BCUT2D eigenvalue weighted by molar-refractivity contribution is 0.148. The van der Waals surface area contributed by atoms with Crippen molar-refractivity contribution < 1.29 is 26.3 Å². The highest BCUT2D eigenvalue weighted by atomic mass is 35.5. The first kappa shape index (κ1) is 16.6. The van der Waals surface area contributed by atoms with Gasteiger partial charge in [-0.2, -0.15) is 0 Å². The molecule has 0 radical (unpaired) electrons. The van der Waals surface area contributed by atoms with Gasteiger partial charge in [0, 0.05) is 17.3 Å². The zero-order valence-electron chi connectivity index (χ0n) is 11.2. The van der Waals surface area contributed by atoms with Crippen molar-refractivity contribution in [1.82, 2.24) is 0 Å². The van der Waals surface area contributed by atoms with E-state index in [1.807, 2.05) is 0 Å². The second kappa shape index (κ2) is 6.18. The standard InChI is InChI=1S/C14H10ClF3O3S/c1-22(19,20)11-2-3-13(12(7-11)14(17)18)21-10-5-8(15)4-9(16)6-10/h2-7,14H,1H3. The number of halogens is 4. The van der Waals surface area contributed by atoms with Crippen LogP contribution in [0.1, 0.15) is 12.0 Å². The van der Waals surface area contributed by atoms with Crippen LogP contribution in [-0.2, 0) is 9.84 Å². The fourth-order valence-electron chi connectivity index (χ4n) is 1.74. The largest absolute Gasteiger partial charge is 0.457 e. The summed E-state index contributed by atoms with van der Waals surface area (Å²) in [5, 5.41) is 0.0429. The fourth-order valence-corrected chi connectivity index (χ4v) is 2.60. The van der Waals surface area contributed by atoms with Gasteiger partial charge in [-0.25, -0.2) is 21.6 Å². The highest BCUT2D eigenvalue weighted by Gasteiger charge is 2.19. The van der Waals surface area contributed by atoms with Gasteiger partial charge < -0.3 is 4.74 Å². The summed E-state index contributed by atoms with van der Waals surface area (Å²) in [6, 6.07) is 6.33. The average molecular weight is 351 g/mol. The van der Waals surface area contributed by atoms with Crippen LogP contribution in [0.5, 0.6) is 11.5 Å². The van der Waals surface area contributed by atoms with Crippen molar-refractivity contribution in [2.45, 2.75) is 11.3 Å². The summed E-state index contributed by atoms with van der Waals surface area (Å²) in [7, 11) is -3.63. The Morgan fingerprint density at radius 2 is 1.82 bits per heavy atom. The Morgan fingerprint density at radius 1 is 1.14 bits per heavy atom. The van der Waals surface area contributed by atoms with Crippen LogP contribution in [0.4, 0.5) is 13.2 Å². The molecule has 2 aromatic carbocycles. The van der Waals surface area contributed by atoms with Crippen molar-refractivity contribution in [2.24, 2.45) is 0 Å². The van der Waals surface area contributed by atoms with Gasteiger partial charge in [0.05, 0.1) is 10.5 Å². The van der Waals surface area contributed by atoms with Crippen molar-refractivity contribution in [3.8, 4) is 11.5 Å². The molecule has 22 heavy (non-hydrogen) atoms. The van der Waals surface area contributed by atoms with Gasteiger partial charge >= 0.3 is 0 Å². The monoisotopic (exact) mass is 350 g/mol. The summed E-state index contributed by atoms with van der Waals surface area (Å²) in [4.78, 5) is -0.257. The third-order valence-corrected chi connectivity index (χ3v) is 4.04. The first-order valence-electron chi connectivity index (χ1n) is 5.93. The third kappa shape index (κ3) is 3.92. The highest BCUT2D eigenvalue weighted by molar-refractivity contribution is 7.90. The van der Waals surface area contributed by atoms with E-state index in [-0.39, 0.29) is 21.4 Å². The van der Waals surface area contributed by atoms with Crippen LogP contribution in [0.2, 0.25) is 5.02 Å². The number of hydrogen-bond donors (Lipinski definition) is 0. The number of hydrogen-bond acceptors (Lipinski definition) is 3. The fraction of sp³-hybridized carbons (Fsp3) is 0.143. The summed E-state index contributed by atoms with van der Waals surface area (Å²) in [6.07, 6.45) is -2.05. The van der Waals surface area contributed by atoms with E-state index in [0.717, 1.165) is 36.6 Å². The zero-order chi connectivity index (χ0) is 16.5. The minimum atomic E-state index is -3.63. The Hall–Kier alpha value is -1.73. The molecule has 0 unspecified atom stereocenters. The average Bonchev–Trinajstić information content (AvgIpc) is 2.36. The third-order valence-electron chi connectivity index (χ3n) is 2.71. The van der Waals surface area contributed by atoms with Gasteiger partial charge in [0.15, 0.2) is 9.84 Å². The van der Waals surface area contributed by atoms with Crippen LogP contribution in [-0.4, -0.2) is 14.7 Å². The van der Waals surface area contributed by atoms with Gasteiger partial charge in [-0.3, -0.25) is 0 Å². The van der Waals surface area contributed by atoms with E-state index in [1.165, 1.54) is 6.07 Å². The molecule has 0 saturated heterocycles. The van der Waals surface area contributed by atoms with Gasteiger partial charge in [0.25, 0.3) is 6.43 Å². The number of ether oxygens (including phenoxy) is 1.